The van der Waals surface area contributed by atoms with Gasteiger partial charge in [-0.2, -0.15) is 0 Å². The Morgan fingerprint density at radius 3 is 2.19 bits per heavy atom. The zero-order chi connectivity index (χ0) is 19.5. The third-order valence-electron chi connectivity index (χ3n) is 4.03. The van der Waals surface area contributed by atoms with E-state index in [2.05, 4.69) is 9.97 Å². The van der Waals surface area contributed by atoms with Crippen LogP contribution in [0, 0.1) is 0 Å². The van der Waals surface area contributed by atoms with Gasteiger partial charge in [0.25, 0.3) is 11.1 Å². The van der Waals surface area contributed by atoms with E-state index in [4.69, 9.17) is 27.9 Å². The molecule has 12 heteroatoms. The number of H-pyrrole nitrogens is 4. The normalized spacial score (nSPS) is 15.0. The van der Waals surface area contributed by atoms with Crippen molar-refractivity contribution in [3.05, 3.63) is 80.5 Å². The Bertz CT molecular complexity index is 1310. The number of aromatic nitrogens is 4. The van der Waals surface area contributed by atoms with Gasteiger partial charge >= 0.3 is 11.4 Å². The van der Waals surface area contributed by atoms with Crippen LogP contribution in [0.2, 0.25) is 10.0 Å². The molecule has 1 atom stereocenters. The molecule has 27 heavy (non-hydrogen) atoms. The van der Waals surface area contributed by atoms with E-state index >= 15 is 0 Å². The van der Waals surface area contributed by atoms with Crippen molar-refractivity contribution >= 4 is 23.2 Å². The van der Waals surface area contributed by atoms with Crippen LogP contribution in [0.25, 0.3) is 0 Å². The molecule has 2 aromatic heterocycles. The van der Waals surface area contributed by atoms with Gasteiger partial charge in [-0.05, 0) is 12.1 Å². The lowest BCUT2D eigenvalue weighted by Gasteiger charge is -2.27. The highest BCUT2D eigenvalue weighted by Crippen LogP contribution is 2.48. The maximum atomic E-state index is 12.5. The lowest BCUT2D eigenvalue weighted by atomic mass is 9.85. The quantitative estimate of drug-likeness (QED) is 0.310. The summed E-state index contributed by atoms with van der Waals surface area (Å²) in [6.45, 7) is 0. The lowest BCUT2D eigenvalue weighted by Crippen LogP contribution is -2.34. The zero-order valence-corrected chi connectivity index (χ0v) is 14.5. The molecule has 0 aliphatic carbocycles. The van der Waals surface area contributed by atoms with Crippen LogP contribution in [0.1, 0.15) is 22.6 Å². The Morgan fingerprint density at radius 1 is 0.889 bits per heavy atom. The summed E-state index contributed by atoms with van der Waals surface area (Å²) in [4.78, 5) is 56.3. The predicted molar refractivity (Wildman–Crippen MR) is 94.5 cm³/mol. The third kappa shape index (κ3) is 2.66. The highest BCUT2D eigenvalue weighted by molar-refractivity contribution is 6.35. The highest BCUT2D eigenvalue weighted by Gasteiger charge is 2.37. The fourth-order valence-corrected chi connectivity index (χ4v) is 3.58. The van der Waals surface area contributed by atoms with Gasteiger partial charge in [0, 0.05) is 10.6 Å². The Balaban J connectivity index is 2.17. The maximum absolute atomic E-state index is 12.5. The number of ether oxygens (including phenoxy) is 1. The molecular formula is C15H8Cl2N4O6. The van der Waals surface area contributed by atoms with Crippen molar-refractivity contribution in [2.24, 2.45) is 0 Å². The van der Waals surface area contributed by atoms with Gasteiger partial charge in [-0.3, -0.25) is 29.5 Å². The molecule has 1 aliphatic rings. The van der Waals surface area contributed by atoms with E-state index in [1.807, 2.05) is 9.97 Å². The summed E-state index contributed by atoms with van der Waals surface area (Å²) in [6, 6.07) is 2.76. The number of aromatic hydroxyl groups is 1. The summed E-state index contributed by atoms with van der Waals surface area (Å²) in [6.07, 6.45) is 0. The fourth-order valence-electron chi connectivity index (χ4n) is 3.03. The van der Waals surface area contributed by atoms with Gasteiger partial charge in [-0.15, -0.1) is 0 Å². The van der Waals surface area contributed by atoms with Gasteiger partial charge in [0.1, 0.15) is 0 Å². The number of halogens is 2. The molecule has 0 radical (unpaired) electrons. The first-order chi connectivity index (χ1) is 12.8. The van der Waals surface area contributed by atoms with Gasteiger partial charge in [0.05, 0.1) is 22.1 Å². The summed E-state index contributed by atoms with van der Waals surface area (Å²) in [7, 11) is 0. The van der Waals surface area contributed by atoms with Crippen LogP contribution in [0.15, 0.2) is 31.3 Å². The Labute approximate surface area is 157 Å². The summed E-state index contributed by atoms with van der Waals surface area (Å²) >= 11 is 12.2. The fraction of sp³-hybridized carbons (Fsp3) is 0.0667. The molecule has 0 unspecified atom stereocenters. The molecule has 0 amide bonds. The summed E-state index contributed by atoms with van der Waals surface area (Å²) in [5.74, 6) is -2.21. The molecule has 138 valence electrons. The molecule has 3 heterocycles. The number of fused-ring (bicyclic) bond motifs is 2. The topological polar surface area (TPSA) is 161 Å². The van der Waals surface area contributed by atoms with Crippen molar-refractivity contribution in [1.82, 2.24) is 19.9 Å². The largest absolute Gasteiger partial charge is 0.494 e. The van der Waals surface area contributed by atoms with Crippen molar-refractivity contribution in [3.8, 4) is 17.5 Å². The standard InChI is InChI=1S/C15H8Cl2N4O6/c16-3-1-4-6(7-10(22)18-14(25)19-11(7)23)8-12(24)20-15(26)21-13(8)27-9(4)5(17)2-3/h1-2,6H,(H2,20,21,24,26)(H3,18,19,22,23,25)/t6-/m0/s1. The molecule has 0 spiro atoms. The van der Waals surface area contributed by atoms with Crippen LogP contribution < -0.4 is 27.2 Å². The number of aromatic amines is 4. The monoisotopic (exact) mass is 410 g/mol. The number of benzene rings is 1. The molecule has 0 bridgehead atoms. The molecule has 0 saturated heterocycles. The van der Waals surface area contributed by atoms with Crippen molar-refractivity contribution in [3.63, 3.8) is 0 Å². The summed E-state index contributed by atoms with van der Waals surface area (Å²) in [5.41, 5.74) is -3.92. The Hall–Kier alpha value is -3.24. The number of nitrogens with one attached hydrogen (secondary N) is 4. The minimum absolute atomic E-state index is 0.0322. The van der Waals surface area contributed by atoms with Gasteiger partial charge in [-0.1, -0.05) is 23.2 Å². The number of hydrogen-bond acceptors (Lipinski definition) is 6. The van der Waals surface area contributed by atoms with Crippen molar-refractivity contribution in [1.29, 1.82) is 0 Å². The second-order valence-corrected chi connectivity index (χ2v) is 6.51. The molecule has 3 aromatic rings. The lowest BCUT2D eigenvalue weighted by molar-refractivity contribution is 0.416. The minimum atomic E-state index is -1.24. The van der Waals surface area contributed by atoms with E-state index in [0.717, 1.165) is 0 Å². The minimum Gasteiger partial charge on any atom is -0.494 e. The number of hydrogen-bond donors (Lipinski definition) is 5. The molecule has 1 aromatic carbocycles. The van der Waals surface area contributed by atoms with Crippen LogP contribution in [-0.2, 0) is 0 Å². The zero-order valence-electron chi connectivity index (χ0n) is 13.0. The second kappa shape index (κ2) is 5.89. The molecule has 0 saturated carbocycles. The first-order valence-electron chi connectivity index (χ1n) is 7.35. The summed E-state index contributed by atoms with van der Waals surface area (Å²) < 4.78 is 5.55. The average Bonchev–Trinajstić information content (AvgIpc) is 2.53. The van der Waals surface area contributed by atoms with E-state index in [1.165, 1.54) is 12.1 Å². The first kappa shape index (κ1) is 17.2. The third-order valence-corrected chi connectivity index (χ3v) is 4.53. The molecule has 4 rings (SSSR count). The molecule has 1 aliphatic heterocycles. The first-order valence-corrected chi connectivity index (χ1v) is 8.10. The smallest absolute Gasteiger partial charge is 0.328 e. The molecular weight excluding hydrogens is 403 g/mol. The van der Waals surface area contributed by atoms with Crippen molar-refractivity contribution in [2.45, 2.75) is 5.92 Å². The molecule has 5 N–H and O–H groups in total. The van der Waals surface area contributed by atoms with Crippen LogP contribution in [0.3, 0.4) is 0 Å². The maximum Gasteiger partial charge on any atom is 0.328 e. The van der Waals surface area contributed by atoms with Gasteiger partial charge < -0.3 is 9.84 Å². The van der Waals surface area contributed by atoms with Gasteiger partial charge in [-0.25, -0.2) is 9.59 Å². The van der Waals surface area contributed by atoms with Crippen LogP contribution in [0.5, 0.6) is 17.5 Å². The van der Waals surface area contributed by atoms with E-state index < -0.39 is 34.3 Å². The van der Waals surface area contributed by atoms with Gasteiger partial charge in [0.15, 0.2) is 5.75 Å². The van der Waals surface area contributed by atoms with E-state index in [0.29, 0.717) is 0 Å². The predicted octanol–water partition coefficient (Wildman–Crippen LogP) is 0.738. The van der Waals surface area contributed by atoms with Crippen LogP contribution >= 0.6 is 23.2 Å². The Kier molecular flexibility index (Phi) is 3.75. The van der Waals surface area contributed by atoms with Gasteiger partial charge in [0.2, 0.25) is 11.8 Å². The second-order valence-electron chi connectivity index (χ2n) is 5.66. The highest BCUT2D eigenvalue weighted by atomic mass is 35.5. The van der Waals surface area contributed by atoms with Crippen LogP contribution in [0.4, 0.5) is 0 Å². The van der Waals surface area contributed by atoms with Crippen molar-refractivity contribution < 1.29 is 9.84 Å². The van der Waals surface area contributed by atoms with E-state index in [1.54, 1.807) is 0 Å². The molecule has 10 nitrogen and oxygen atoms in total. The van der Waals surface area contributed by atoms with Crippen LogP contribution in [-0.4, -0.2) is 25.0 Å². The van der Waals surface area contributed by atoms with E-state index in [-0.39, 0.29) is 38.4 Å². The molecule has 0 fully saturated rings. The average molecular weight is 411 g/mol. The summed E-state index contributed by atoms with van der Waals surface area (Å²) in [5, 5.41) is 10.4. The van der Waals surface area contributed by atoms with Crippen molar-refractivity contribution in [2.75, 3.05) is 0 Å². The number of rotatable bonds is 1. The van der Waals surface area contributed by atoms with E-state index in [9.17, 15) is 24.3 Å². The Morgan fingerprint density at radius 2 is 1.52 bits per heavy atom. The SMILES string of the molecule is O=c1[nH]c(O)c([C@@H]2c3cc(Cl)cc(Cl)c3Oc3[nH]c(=O)[nH]c(=O)c32)c(=O)[nH]1.